The molecule has 1 atom stereocenters. The Hall–Kier alpha value is -4.12. The third kappa shape index (κ3) is 2.73. The first-order chi connectivity index (χ1) is 19.8. The van der Waals surface area contributed by atoms with Crippen molar-refractivity contribution in [3.05, 3.63) is 125 Å². The SMILES string of the molecule is CC1(C)OB(c2cccc3c2-c2ccccc2[C@]32c3ccccc3-c3c2ccc2c3oc3ccccc32)OC1(C)C. The van der Waals surface area contributed by atoms with Gasteiger partial charge in [0, 0.05) is 16.3 Å². The molecule has 6 aromatic rings. The number of hydrogen-bond donors (Lipinski definition) is 0. The Morgan fingerprint density at radius 2 is 1.10 bits per heavy atom. The summed E-state index contributed by atoms with van der Waals surface area (Å²) in [6.07, 6.45) is 0. The maximum atomic E-state index is 6.64. The molecule has 0 unspecified atom stereocenters. The fourth-order valence-electron chi connectivity index (χ4n) is 7.65. The first-order valence-corrected chi connectivity index (χ1v) is 14.5. The van der Waals surface area contributed by atoms with E-state index in [4.69, 9.17) is 13.7 Å². The summed E-state index contributed by atoms with van der Waals surface area (Å²) >= 11 is 0. The Morgan fingerprint density at radius 3 is 1.83 bits per heavy atom. The number of furan rings is 1. The van der Waals surface area contributed by atoms with Gasteiger partial charge in [-0.15, -0.1) is 0 Å². The molecule has 0 amide bonds. The van der Waals surface area contributed by atoms with E-state index in [0.717, 1.165) is 27.4 Å². The van der Waals surface area contributed by atoms with E-state index in [0.29, 0.717) is 0 Å². The topological polar surface area (TPSA) is 31.6 Å². The van der Waals surface area contributed by atoms with Crippen molar-refractivity contribution in [2.45, 2.75) is 44.3 Å². The first kappa shape index (κ1) is 23.6. The lowest BCUT2D eigenvalue weighted by molar-refractivity contribution is 0.00578. The van der Waals surface area contributed by atoms with Crippen LogP contribution >= 0.6 is 0 Å². The average molecular weight is 532 g/mol. The molecule has 1 aromatic heterocycles. The van der Waals surface area contributed by atoms with Crippen molar-refractivity contribution in [2.24, 2.45) is 0 Å². The van der Waals surface area contributed by atoms with Gasteiger partial charge in [-0.05, 0) is 78.2 Å². The summed E-state index contributed by atoms with van der Waals surface area (Å²) in [5, 5.41) is 2.31. The monoisotopic (exact) mass is 532 g/mol. The van der Waals surface area contributed by atoms with E-state index in [-0.39, 0.29) is 0 Å². The van der Waals surface area contributed by atoms with Gasteiger partial charge in [0.25, 0.3) is 0 Å². The number of para-hydroxylation sites is 1. The van der Waals surface area contributed by atoms with Gasteiger partial charge in [-0.3, -0.25) is 0 Å². The highest BCUT2D eigenvalue weighted by atomic mass is 16.7. The summed E-state index contributed by atoms with van der Waals surface area (Å²) in [4.78, 5) is 0. The molecule has 9 rings (SSSR count). The van der Waals surface area contributed by atoms with Crippen molar-refractivity contribution in [3.8, 4) is 22.3 Å². The predicted molar refractivity (Wildman–Crippen MR) is 166 cm³/mol. The Morgan fingerprint density at radius 1 is 0.512 bits per heavy atom. The van der Waals surface area contributed by atoms with Crippen LogP contribution in [-0.4, -0.2) is 18.3 Å². The second-order valence-corrected chi connectivity index (χ2v) is 12.7. The van der Waals surface area contributed by atoms with Gasteiger partial charge in [-0.2, -0.15) is 0 Å². The van der Waals surface area contributed by atoms with Crippen LogP contribution in [0.1, 0.15) is 49.9 Å². The van der Waals surface area contributed by atoms with Crippen molar-refractivity contribution in [2.75, 3.05) is 0 Å². The summed E-state index contributed by atoms with van der Waals surface area (Å²) in [5.41, 5.74) is 11.7. The van der Waals surface area contributed by atoms with E-state index >= 15 is 0 Å². The molecule has 1 fully saturated rings. The van der Waals surface area contributed by atoms with Gasteiger partial charge >= 0.3 is 7.12 Å². The molecular formula is C37H29BO3. The van der Waals surface area contributed by atoms with Crippen LogP contribution in [0.3, 0.4) is 0 Å². The van der Waals surface area contributed by atoms with Gasteiger partial charge in [0.1, 0.15) is 11.2 Å². The molecule has 3 aliphatic rings. The van der Waals surface area contributed by atoms with Gasteiger partial charge in [0.15, 0.2) is 0 Å². The minimum absolute atomic E-state index is 0.421. The van der Waals surface area contributed by atoms with Crippen LogP contribution in [0, 0.1) is 0 Å². The Balaban J connectivity index is 1.40. The van der Waals surface area contributed by atoms with Gasteiger partial charge in [-0.25, -0.2) is 0 Å². The van der Waals surface area contributed by atoms with Gasteiger partial charge < -0.3 is 13.7 Å². The number of hydrogen-bond acceptors (Lipinski definition) is 3. The Kier molecular flexibility index (Phi) is 4.36. The van der Waals surface area contributed by atoms with E-state index in [1.54, 1.807) is 0 Å². The Bertz CT molecular complexity index is 2070. The second-order valence-electron chi connectivity index (χ2n) is 12.7. The van der Waals surface area contributed by atoms with E-state index < -0.39 is 23.7 Å². The van der Waals surface area contributed by atoms with Crippen LogP contribution in [0.25, 0.3) is 44.2 Å². The van der Waals surface area contributed by atoms with Crippen LogP contribution in [0.15, 0.2) is 108 Å². The quantitative estimate of drug-likeness (QED) is 0.200. The Labute approximate surface area is 239 Å². The smallest absolute Gasteiger partial charge is 0.455 e. The van der Waals surface area contributed by atoms with Crippen molar-refractivity contribution in [3.63, 3.8) is 0 Å². The zero-order valence-electron chi connectivity index (χ0n) is 23.6. The van der Waals surface area contributed by atoms with E-state index in [1.165, 1.54) is 44.5 Å². The molecule has 0 radical (unpaired) electrons. The normalized spacial score (nSPS) is 20.9. The van der Waals surface area contributed by atoms with Crippen molar-refractivity contribution >= 4 is 34.5 Å². The minimum atomic E-state index is -0.468. The van der Waals surface area contributed by atoms with Gasteiger partial charge in [0.05, 0.1) is 16.6 Å². The minimum Gasteiger partial charge on any atom is -0.455 e. The summed E-state index contributed by atoms with van der Waals surface area (Å²) in [7, 11) is -0.452. The first-order valence-electron chi connectivity index (χ1n) is 14.5. The largest absolute Gasteiger partial charge is 0.495 e. The lowest BCUT2D eigenvalue weighted by Gasteiger charge is -2.32. The fourth-order valence-corrected chi connectivity index (χ4v) is 7.65. The molecule has 2 heterocycles. The van der Waals surface area contributed by atoms with E-state index in [1.807, 2.05) is 6.07 Å². The number of benzene rings is 5. The number of rotatable bonds is 1. The highest BCUT2D eigenvalue weighted by Gasteiger charge is 2.56. The zero-order chi connectivity index (χ0) is 27.7. The van der Waals surface area contributed by atoms with Crippen LogP contribution in [0.2, 0.25) is 0 Å². The molecule has 198 valence electrons. The molecule has 2 aliphatic carbocycles. The third-order valence-corrected chi connectivity index (χ3v) is 10.2. The predicted octanol–water partition coefficient (Wildman–Crippen LogP) is 8.23. The molecule has 1 saturated heterocycles. The lowest BCUT2D eigenvalue weighted by atomic mass is 9.68. The fraction of sp³-hybridized carbons (Fsp3) is 0.189. The molecule has 0 N–H and O–H groups in total. The van der Waals surface area contributed by atoms with E-state index in [9.17, 15) is 0 Å². The van der Waals surface area contributed by atoms with Gasteiger partial charge in [-0.1, -0.05) is 97.1 Å². The van der Waals surface area contributed by atoms with Crippen molar-refractivity contribution in [1.82, 2.24) is 0 Å². The lowest BCUT2D eigenvalue weighted by Crippen LogP contribution is -2.41. The third-order valence-electron chi connectivity index (χ3n) is 10.2. The molecule has 4 heteroatoms. The zero-order valence-corrected chi connectivity index (χ0v) is 23.6. The maximum absolute atomic E-state index is 6.64. The highest BCUT2D eigenvalue weighted by molar-refractivity contribution is 6.64. The van der Waals surface area contributed by atoms with Crippen molar-refractivity contribution < 1.29 is 13.7 Å². The standard InChI is InChI=1S/C37H29BO3/c1-35(2)36(3,4)41-38(40-35)30-18-11-17-28-32(30)24-13-5-8-15-26(24)37(28)27-16-9-6-14-25(27)33-29(37)21-20-23-22-12-7-10-19-31(22)39-34(23)33/h5-21H,1-4H3/t37-/m0/s1. The second kappa shape index (κ2) is 7.58. The molecule has 5 aromatic carbocycles. The molecule has 3 nitrogen and oxygen atoms in total. The highest BCUT2D eigenvalue weighted by Crippen LogP contribution is 2.63. The van der Waals surface area contributed by atoms with Gasteiger partial charge in [0.2, 0.25) is 0 Å². The molecule has 0 bridgehead atoms. The van der Waals surface area contributed by atoms with Crippen LogP contribution in [0.4, 0.5) is 0 Å². The van der Waals surface area contributed by atoms with Crippen LogP contribution < -0.4 is 5.46 Å². The number of fused-ring (bicyclic) bond motifs is 14. The summed E-state index contributed by atoms with van der Waals surface area (Å²) in [5.74, 6) is 0. The molecule has 41 heavy (non-hydrogen) atoms. The van der Waals surface area contributed by atoms with Crippen molar-refractivity contribution in [1.29, 1.82) is 0 Å². The summed E-state index contributed by atoms with van der Waals surface area (Å²) < 4.78 is 19.9. The maximum Gasteiger partial charge on any atom is 0.495 e. The average Bonchev–Trinajstić information content (AvgIpc) is 3.65. The summed E-state index contributed by atoms with van der Waals surface area (Å²) in [6, 6.07) is 37.4. The summed E-state index contributed by atoms with van der Waals surface area (Å²) in [6.45, 7) is 8.47. The molecule has 1 spiro atoms. The van der Waals surface area contributed by atoms with Crippen LogP contribution in [0.5, 0.6) is 0 Å². The molecular weight excluding hydrogens is 503 g/mol. The van der Waals surface area contributed by atoms with Crippen LogP contribution in [-0.2, 0) is 14.7 Å². The van der Waals surface area contributed by atoms with E-state index in [2.05, 4.69) is 125 Å². The molecule has 0 saturated carbocycles. The molecule has 1 aliphatic heterocycles.